The molecule has 1 aromatic heterocycles. The highest BCUT2D eigenvalue weighted by Gasteiger charge is 2.13. The molecule has 1 fully saturated rings. The fourth-order valence-corrected chi connectivity index (χ4v) is 3.06. The van der Waals surface area contributed by atoms with Gasteiger partial charge < -0.3 is 14.6 Å². The second-order valence-electron chi connectivity index (χ2n) is 5.40. The van der Waals surface area contributed by atoms with E-state index in [1.165, 1.54) is 43.3 Å². The van der Waals surface area contributed by atoms with Gasteiger partial charge in [-0.15, -0.1) is 0 Å². The van der Waals surface area contributed by atoms with Crippen molar-refractivity contribution >= 4 is 10.9 Å². The predicted octanol–water partition coefficient (Wildman–Crippen LogP) is 3.04. The summed E-state index contributed by atoms with van der Waals surface area (Å²) in [6.45, 7) is 3.48. The molecule has 0 saturated carbocycles. The van der Waals surface area contributed by atoms with Gasteiger partial charge in [-0.1, -0.05) is 6.07 Å². The Labute approximate surface area is 114 Å². The van der Waals surface area contributed by atoms with Crippen molar-refractivity contribution in [1.29, 1.82) is 0 Å². The lowest BCUT2D eigenvalue weighted by molar-refractivity contribution is 0.343. The van der Waals surface area contributed by atoms with E-state index in [4.69, 9.17) is 4.74 Å². The van der Waals surface area contributed by atoms with Gasteiger partial charge in [0.15, 0.2) is 0 Å². The first-order valence-corrected chi connectivity index (χ1v) is 7.21. The second-order valence-corrected chi connectivity index (χ2v) is 5.40. The molecule has 102 valence electrons. The van der Waals surface area contributed by atoms with E-state index in [9.17, 15) is 0 Å². The van der Waals surface area contributed by atoms with Gasteiger partial charge in [0.2, 0.25) is 0 Å². The highest BCUT2D eigenvalue weighted by atomic mass is 16.5. The van der Waals surface area contributed by atoms with Crippen molar-refractivity contribution in [1.82, 2.24) is 9.88 Å². The minimum atomic E-state index is 0.830. The van der Waals surface area contributed by atoms with Crippen molar-refractivity contribution < 1.29 is 4.74 Å². The Balaban J connectivity index is 1.74. The summed E-state index contributed by atoms with van der Waals surface area (Å²) in [5, 5.41) is 4.71. The Hall–Kier alpha value is -1.48. The van der Waals surface area contributed by atoms with Crippen LogP contribution in [0.4, 0.5) is 0 Å². The molecule has 3 nitrogen and oxygen atoms in total. The topological polar surface area (TPSA) is 26.2 Å². The van der Waals surface area contributed by atoms with Gasteiger partial charge in [0.1, 0.15) is 5.75 Å². The quantitative estimate of drug-likeness (QED) is 0.912. The molecule has 1 aliphatic heterocycles. The highest BCUT2D eigenvalue weighted by molar-refractivity contribution is 5.86. The molecule has 0 spiro atoms. The van der Waals surface area contributed by atoms with Crippen LogP contribution in [0.3, 0.4) is 0 Å². The van der Waals surface area contributed by atoms with Crippen LogP contribution in [0.5, 0.6) is 5.75 Å². The maximum absolute atomic E-state index is 5.41. The number of hydrogen-bond donors (Lipinski definition) is 1. The van der Waals surface area contributed by atoms with Crippen LogP contribution in [0.25, 0.3) is 10.9 Å². The number of piperidine rings is 1. The summed E-state index contributed by atoms with van der Waals surface area (Å²) in [7, 11) is 1.74. The summed E-state index contributed by atoms with van der Waals surface area (Å²) in [5.41, 5.74) is 1.28. The molecule has 3 rings (SSSR count). The van der Waals surface area contributed by atoms with Gasteiger partial charge in [-0.3, -0.25) is 0 Å². The van der Waals surface area contributed by atoms with Crippen LogP contribution < -0.4 is 10.1 Å². The molecule has 2 heterocycles. The molecule has 0 bridgehead atoms. The summed E-state index contributed by atoms with van der Waals surface area (Å²) in [6.07, 6.45) is 6.14. The summed E-state index contributed by atoms with van der Waals surface area (Å²) in [5.74, 6) is 1.80. The fourth-order valence-electron chi connectivity index (χ4n) is 3.06. The van der Waals surface area contributed by atoms with Crippen molar-refractivity contribution in [3.8, 4) is 5.75 Å². The monoisotopic (exact) mass is 258 g/mol. The van der Waals surface area contributed by atoms with Crippen LogP contribution in [0.15, 0.2) is 30.5 Å². The third kappa shape index (κ3) is 2.61. The van der Waals surface area contributed by atoms with Crippen molar-refractivity contribution in [3.63, 3.8) is 0 Å². The normalized spacial score (nSPS) is 19.7. The SMILES string of the molecule is COc1cccc2c1ccn2CCC1CCCNC1. The standard InChI is InChI=1S/C16H22N2O/c1-19-16-6-2-5-15-14(16)8-11-18(15)10-7-13-4-3-9-17-12-13/h2,5-6,8,11,13,17H,3-4,7,9-10,12H2,1H3. The number of rotatable bonds is 4. The molecular formula is C16H22N2O. The number of aromatic nitrogens is 1. The molecule has 1 aromatic carbocycles. The molecule has 0 amide bonds. The number of aryl methyl sites for hydroxylation is 1. The van der Waals surface area contributed by atoms with Crippen LogP contribution in [0.1, 0.15) is 19.3 Å². The minimum Gasteiger partial charge on any atom is -0.496 e. The van der Waals surface area contributed by atoms with Gasteiger partial charge in [0, 0.05) is 18.1 Å². The largest absolute Gasteiger partial charge is 0.496 e. The maximum atomic E-state index is 5.41. The van der Waals surface area contributed by atoms with Crippen molar-refractivity contribution in [3.05, 3.63) is 30.5 Å². The molecule has 1 saturated heterocycles. The van der Waals surface area contributed by atoms with Gasteiger partial charge in [-0.05, 0) is 56.5 Å². The van der Waals surface area contributed by atoms with Crippen LogP contribution in [-0.2, 0) is 6.54 Å². The Bertz CT molecular complexity index is 541. The van der Waals surface area contributed by atoms with E-state index in [0.29, 0.717) is 0 Å². The lowest BCUT2D eigenvalue weighted by Crippen LogP contribution is -2.30. The van der Waals surface area contributed by atoms with Gasteiger partial charge in [-0.2, -0.15) is 0 Å². The van der Waals surface area contributed by atoms with E-state index in [1.54, 1.807) is 7.11 Å². The van der Waals surface area contributed by atoms with Gasteiger partial charge in [0.05, 0.1) is 12.6 Å². The molecule has 0 radical (unpaired) electrons. The first-order valence-electron chi connectivity index (χ1n) is 7.21. The number of nitrogens with zero attached hydrogens (tertiary/aromatic N) is 1. The van der Waals surface area contributed by atoms with Crippen LogP contribution in [0, 0.1) is 5.92 Å². The first kappa shape index (κ1) is 12.5. The summed E-state index contributed by atoms with van der Waals surface area (Å²) >= 11 is 0. The van der Waals surface area contributed by atoms with E-state index in [1.807, 2.05) is 6.07 Å². The van der Waals surface area contributed by atoms with Gasteiger partial charge in [0.25, 0.3) is 0 Å². The first-order chi connectivity index (χ1) is 9.38. The number of hydrogen-bond acceptors (Lipinski definition) is 2. The van der Waals surface area contributed by atoms with Crippen LogP contribution in [0.2, 0.25) is 0 Å². The molecular weight excluding hydrogens is 236 g/mol. The number of fused-ring (bicyclic) bond motifs is 1. The van der Waals surface area contributed by atoms with E-state index in [0.717, 1.165) is 18.2 Å². The lowest BCUT2D eigenvalue weighted by Gasteiger charge is -2.22. The van der Waals surface area contributed by atoms with E-state index in [-0.39, 0.29) is 0 Å². The third-order valence-electron chi connectivity index (χ3n) is 4.17. The average Bonchev–Trinajstić information content (AvgIpc) is 2.89. The molecule has 1 atom stereocenters. The smallest absolute Gasteiger partial charge is 0.128 e. The summed E-state index contributed by atoms with van der Waals surface area (Å²) in [4.78, 5) is 0. The van der Waals surface area contributed by atoms with Gasteiger partial charge in [-0.25, -0.2) is 0 Å². The van der Waals surface area contributed by atoms with Crippen LogP contribution in [-0.4, -0.2) is 24.8 Å². The number of nitrogens with one attached hydrogen (secondary N) is 1. The Morgan fingerprint density at radius 3 is 3.11 bits per heavy atom. The second kappa shape index (κ2) is 5.66. The molecule has 2 aromatic rings. The number of methoxy groups -OCH3 is 1. The van der Waals surface area contributed by atoms with Crippen molar-refractivity contribution in [2.24, 2.45) is 5.92 Å². The highest BCUT2D eigenvalue weighted by Crippen LogP contribution is 2.27. The number of benzene rings is 1. The fraction of sp³-hybridized carbons (Fsp3) is 0.500. The van der Waals surface area contributed by atoms with E-state index < -0.39 is 0 Å². The Morgan fingerprint density at radius 1 is 1.37 bits per heavy atom. The minimum absolute atomic E-state index is 0.830. The Kier molecular flexibility index (Phi) is 3.74. The van der Waals surface area contributed by atoms with Crippen LogP contribution >= 0.6 is 0 Å². The van der Waals surface area contributed by atoms with E-state index in [2.05, 4.69) is 34.3 Å². The Morgan fingerprint density at radius 2 is 2.32 bits per heavy atom. The van der Waals surface area contributed by atoms with Crippen molar-refractivity contribution in [2.75, 3.05) is 20.2 Å². The lowest BCUT2D eigenvalue weighted by atomic mass is 9.96. The predicted molar refractivity (Wildman–Crippen MR) is 78.7 cm³/mol. The zero-order valence-corrected chi connectivity index (χ0v) is 11.6. The zero-order chi connectivity index (χ0) is 13.1. The third-order valence-corrected chi connectivity index (χ3v) is 4.17. The average molecular weight is 258 g/mol. The van der Waals surface area contributed by atoms with Gasteiger partial charge >= 0.3 is 0 Å². The molecule has 1 N–H and O–H groups in total. The maximum Gasteiger partial charge on any atom is 0.128 e. The molecule has 0 aliphatic carbocycles. The van der Waals surface area contributed by atoms with Crippen molar-refractivity contribution in [2.45, 2.75) is 25.8 Å². The molecule has 1 aliphatic rings. The molecule has 1 unspecified atom stereocenters. The summed E-state index contributed by atoms with van der Waals surface area (Å²) in [6, 6.07) is 8.43. The number of ether oxygens (including phenoxy) is 1. The molecule has 19 heavy (non-hydrogen) atoms. The molecule has 3 heteroatoms. The summed E-state index contributed by atoms with van der Waals surface area (Å²) < 4.78 is 7.77. The van der Waals surface area contributed by atoms with E-state index >= 15 is 0 Å². The zero-order valence-electron chi connectivity index (χ0n) is 11.6.